The molecule has 0 radical (unpaired) electrons. The van der Waals surface area contributed by atoms with E-state index in [-0.39, 0.29) is 5.82 Å². The number of hydrogen-bond donors (Lipinski definition) is 0. The Morgan fingerprint density at radius 1 is 1.33 bits per heavy atom. The molecule has 0 atom stereocenters. The van der Waals surface area contributed by atoms with Crippen LogP contribution in [-0.2, 0) is 13.0 Å². The maximum atomic E-state index is 13.7. The van der Waals surface area contributed by atoms with E-state index in [1.165, 1.54) is 12.4 Å². The Labute approximate surface area is 134 Å². The van der Waals surface area contributed by atoms with Crippen LogP contribution in [0, 0.1) is 5.82 Å². The van der Waals surface area contributed by atoms with Gasteiger partial charge in [0.15, 0.2) is 0 Å². The summed E-state index contributed by atoms with van der Waals surface area (Å²) in [5, 5.41) is 0. The van der Waals surface area contributed by atoms with Gasteiger partial charge in [0, 0.05) is 24.6 Å². The van der Waals surface area contributed by atoms with Gasteiger partial charge in [0.05, 0.1) is 27.7 Å². The highest BCUT2D eigenvalue weighted by Gasteiger charge is 2.14. The second-order valence-corrected chi connectivity index (χ2v) is 5.74. The highest BCUT2D eigenvalue weighted by atomic mass is 79.9. The van der Waals surface area contributed by atoms with Crippen LogP contribution in [0.2, 0.25) is 0 Å². The minimum atomic E-state index is -0.327. The van der Waals surface area contributed by atoms with Gasteiger partial charge in [0.1, 0.15) is 18.0 Å². The van der Waals surface area contributed by atoms with Crippen molar-refractivity contribution in [1.29, 1.82) is 0 Å². The smallest absolute Gasteiger partial charge is 0.139 e. The van der Waals surface area contributed by atoms with Crippen molar-refractivity contribution in [3.8, 4) is 0 Å². The lowest BCUT2D eigenvalue weighted by atomic mass is 10.3. The summed E-state index contributed by atoms with van der Waals surface area (Å²) in [5.74, 6) is 0.944. The number of fused-ring (bicyclic) bond motifs is 1. The molecule has 0 unspecified atom stereocenters. The van der Waals surface area contributed by atoms with E-state index in [9.17, 15) is 4.39 Å². The number of alkyl halides is 1. The normalized spacial score (nSPS) is 11.2. The van der Waals surface area contributed by atoms with Crippen LogP contribution >= 0.6 is 27.5 Å². The maximum Gasteiger partial charge on any atom is 0.139 e. The molecule has 0 saturated carbocycles. The highest BCUT2D eigenvalue weighted by Crippen LogP contribution is 2.25. The number of aromatic nitrogens is 4. The van der Waals surface area contributed by atoms with Gasteiger partial charge in [0.2, 0.25) is 0 Å². The van der Waals surface area contributed by atoms with E-state index in [0.29, 0.717) is 28.8 Å². The Morgan fingerprint density at radius 2 is 2.19 bits per heavy atom. The molecule has 108 valence electrons. The van der Waals surface area contributed by atoms with Crippen molar-refractivity contribution in [3.63, 3.8) is 0 Å². The Hall–Kier alpha value is -1.53. The summed E-state index contributed by atoms with van der Waals surface area (Å²) in [6.07, 6.45) is 3.81. The lowest BCUT2D eigenvalue weighted by molar-refractivity contribution is 0.622. The number of imidazole rings is 1. The zero-order valence-corrected chi connectivity index (χ0v) is 13.3. The van der Waals surface area contributed by atoms with Crippen LogP contribution in [-0.4, -0.2) is 25.4 Å². The van der Waals surface area contributed by atoms with Gasteiger partial charge in [-0.15, -0.1) is 11.6 Å². The fraction of sp³-hybridized carbons (Fsp3) is 0.214. The molecule has 0 saturated heterocycles. The van der Waals surface area contributed by atoms with Crippen molar-refractivity contribution >= 4 is 38.6 Å². The molecule has 2 heterocycles. The summed E-state index contributed by atoms with van der Waals surface area (Å²) < 4.78 is 16.1. The van der Waals surface area contributed by atoms with Crippen LogP contribution in [0.4, 0.5) is 4.39 Å². The first-order valence-corrected chi connectivity index (χ1v) is 7.67. The van der Waals surface area contributed by atoms with Crippen LogP contribution in [0.25, 0.3) is 11.0 Å². The minimum absolute atomic E-state index is 0.327. The number of hydrogen-bond acceptors (Lipinski definition) is 3. The van der Waals surface area contributed by atoms with Crippen LogP contribution in [0.5, 0.6) is 0 Å². The molecule has 3 aromatic rings. The number of halogens is 3. The molecule has 0 aliphatic heterocycles. The van der Waals surface area contributed by atoms with Crippen molar-refractivity contribution in [3.05, 3.63) is 52.5 Å². The first-order valence-electron chi connectivity index (χ1n) is 6.34. The maximum absolute atomic E-state index is 13.7. The van der Waals surface area contributed by atoms with E-state index in [1.807, 2.05) is 10.6 Å². The summed E-state index contributed by atoms with van der Waals surface area (Å²) >= 11 is 9.06. The molecule has 0 aliphatic rings. The van der Waals surface area contributed by atoms with Crippen LogP contribution in [0.1, 0.15) is 11.5 Å². The van der Waals surface area contributed by atoms with Crippen molar-refractivity contribution in [2.45, 2.75) is 13.0 Å². The molecule has 0 bridgehead atoms. The molecule has 0 amide bonds. The van der Waals surface area contributed by atoms with Crippen molar-refractivity contribution in [1.82, 2.24) is 19.5 Å². The van der Waals surface area contributed by atoms with Crippen LogP contribution < -0.4 is 0 Å². The van der Waals surface area contributed by atoms with Gasteiger partial charge in [0.25, 0.3) is 0 Å². The van der Waals surface area contributed by atoms with Crippen molar-refractivity contribution in [2.24, 2.45) is 0 Å². The average molecular weight is 370 g/mol. The van der Waals surface area contributed by atoms with Gasteiger partial charge < -0.3 is 4.57 Å². The van der Waals surface area contributed by atoms with E-state index < -0.39 is 0 Å². The SMILES string of the molecule is Fc1cc2nc(CCCl)n(Cc3ccncn3)c2cc1Br. The molecule has 7 heteroatoms. The monoisotopic (exact) mass is 368 g/mol. The predicted molar refractivity (Wildman–Crippen MR) is 82.9 cm³/mol. The van der Waals surface area contributed by atoms with Gasteiger partial charge in [-0.25, -0.2) is 19.3 Å². The first kappa shape index (κ1) is 14.4. The van der Waals surface area contributed by atoms with Gasteiger partial charge >= 0.3 is 0 Å². The molecule has 4 nitrogen and oxygen atoms in total. The zero-order valence-electron chi connectivity index (χ0n) is 10.9. The van der Waals surface area contributed by atoms with E-state index in [1.54, 1.807) is 12.3 Å². The second kappa shape index (κ2) is 6.07. The molecule has 1 aromatic carbocycles. The Kier molecular flexibility index (Phi) is 4.17. The zero-order chi connectivity index (χ0) is 14.8. The summed E-state index contributed by atoms with van der Waals surface area (Å²) in [4.78, 5) is 12.6. The minimum Gasteiger partial charge on any atom is -0.322 e. The molecule has 3 rings (SSSR count). The largest absolute Gasteiger partial charge is 0.322 e. The molecule has 0 fully saturated rings. The molecule has 21 heavy (non-hydrogen) atoms. The Balaban J connectivity index is 2.13. The van der Waals surface area contributed by atoms with E-state index in [0.717, 1.165) is 17.0 Å². The van der Waals surface area contributed by atoms with Gasteiger partial charge in [-0.1, -0.05) is 0 Å². The standard InChI is InChI=1S/C14H11BrClFN4/c15-10-5-13-12(6-11(10)17)20-14(1-3-16)21(13)7-9-2-4-18-8-19-9/h2,4-6,8H,1,3,7H2. The molecular weight excluding hydrogens is 359 g/mol. The average Bonchev–Trinajstić information content (AvgIpc) is 2.79. The Bertz CT molecular complexity index is 775. The predicted octanol–water partition coefficient (Wildman–Crippen LogP) is 3.56. The highest BCUT2D eigenvalue weighted by molar-refractivity contribution is 9.10. The molecule has 2 aromatic heterocycles. The van der Waals surface area contributed by atoms with Crippen LogP contribution in [0.3, 0.4) is 0 Å². The lowest BCUT2D eigenvalue weighted by Gasteiger charge is -2.08. The number of nitrogens with zero attached hydrogens (tertiary/aromatic N) is 4. The summed E-state index contributed by atoms with van der Waals surface area (Å²) in [7, 11) is 0. The fourth-order valence-electron chi connectivity index (χ4n) is 2.20. The summed E-state index contributed by atoms with van der Waals surface area (Å²) in [6.45, 7) is 0.545. The van der Waals surface area contributed by atoms with E-state index in [4.69, 9.17) is 11.6 Å². The molecule has 0 spiro atoms. The third-order valence-electron chi connectivity index (χ3n) is 3.15. The number of aryl methyl sites for hydroxylation is 1. The molecular formula is C14H11BrClFN4. The summed E-state index contributed by atoms with van der Waals surface area (Å²) in [6, 6.07) is 5.00. The molecule has 0 N–H and O–H groups in total. The van der Waals surface area contributed by atoms with E-state index in [2.05, 4.69) is 30.9 Å². The summed E-state index contributed by atoms with van der Waals surface area (Å²) in [5.41, 5.74) is 2.33. The second-order valence-electron chi connectivity index (χ2n) is 4.51. The Morgan fingerprint density at radius 3 is 2.90 bits per heavy atom. The number of rotatable bonds is 4. The molecule has 0 aliphatic carbocycles. The van der Waals surface area contributed by atoms with Gasteiger partial charge in [-0.05, 0) is 28.1 Å². The third-order valence-corrected chi connectivity index (χ3v) is 3.95. The van der Waals surface area contributed by atoms with Gasteiger partial charge in [-0.3, -0.25) is 0 Å². The van der Waals surface area contributed by atoms with Crippen molar-refractivity contribution in [2.75, 3.05) is 5.88 Å². The quantitative estimate of drug-likeness (QED) is 0.661. The number of benzene rings is 1. The third kappa shape index (κ3) is 2.91. The fourth-order valence-corrected chi connectivity index (χ4v) is 2.70. The van der Waals surface area contributed by atoms with Crippen molar-refractivity contribution < 1.29 is 4.39 Å². The van der Waals surface area contributed by atoms with Gasteiger partial charge in [-0.2, -0.15) is 0 Å². The van der Waals surface area contributed by atoms with Crippen LogP contribution in [0.15, 0.2) is 35.2 Å². The van der Waals surface area contributed by atoms with E-state index >= 15 is 0 Å². The topological polar surface area (TPSA) is 43.6 Å². The lowest BCUT2D eigenvalue weighted by Crippen LogP contribution is -2.07. The first-order chi connectivity index (χ1) is 10.2.